The fourth-order valence-electron chi connectivity index (χ4n) is 1.80. The highest BCUT2D eigenvalue weighted by Crippen LogP contribution is 2.25. The van der Waals surface area contributed by atoms with Crippen LogP contribution in [0.1, 0.15) is 41.0 Å². The zero-order chi connectivity index (χ0) is 13.7. The molecule has 0 amide bonds. The molecule has 1 aromatic heterocycles. The van der Waals surface area contributed by atoms with Gasteiger partial charge in [-0.25, -0.2) is 0 Å². The van der Waals surface area contributed by atoms with Crippen LogP contribution in [0.25, 0.3) is 0 Å². The Labute approximate surface area is 110 Å². The van der Waals surface area contributed by atoms with E-state index in [1.807, 2.05) is 26.0 Å². The number of nitrogens with two attached hydrogens (primary N) is 1. The summed E-state index contributed by atoms with van der Waals surface area (Å²) in [6.07, 6.45) is 1.17. The maximum absolute atomic E-state index is 5.88. The Morgan fingerprint density at radius 1 is 1.28 bits per heavy atom. The summed E-state index contributed by atoms with van der Waals surface area (Å²) in [5.74, 6) is 1.46. The van der Waals surface area contributed by atoms with Crippen LogP contribution in [0.5, 0.6) is 5.88 Å². The minimum Gasteiger partial charge on any atom is -0.473 e. The highest BCUT2D eigenvalue weighted by atomic mass is 16.5. The predicted octanol–water partition coefficient (Wildman–Crippen LogP) is 3.08. The van der Waals surface area contributed by atoms with Gasteiger partial charge in [0.05, 0.1) is 11.8 Å². The van der Waals surface area contributed by atoms with Gasteiger partial charge >= 0.3 is 0 Å². The molecule has 18 heavy (non-hydrogen) atoms. The monoisotopic (exact) mass is 251 g/mol. The van der Waals surface area contributed by atoms with Crippen molar-refractivity contribution in [2.45, 2.75) is 53.2 Å². The van der Waals surface area contributed by atoms with E-state index in [1.54, 1.807) is 0 Å². The molecular weight excluding hydrogens is 226 g/mol. The molecule has 2 N–H and O–H groups in total. The van der Waals surface area contributed by atoms with Crippen LogP contribution in [-0.4, -0.2) is 23.7 Å². The molecule has 102 valence electrons. The van der Waals surface area contributed by atoms with Crippen LogP contribution in [0, 0.1) is 0 Å². The van der Waals surface area contributed by atoms with Gasteiger partial charge in [0.1, 0.15) is 5.82 Å². The Kier molecular flexibility index (Phi) is 5.25. The molecule has 0 radical (unpaired) electrons. The van der Waals surface area contributed by atoms with Crippen LogP contribution in [0.3, 0.4) is 0 Å². The number of ether oxygens (including phenoxy) is 1. The second kappa shape index (κ2) is 6.47. The molecule has 0 spiro atoms. The lowest BCUT2D eigenvalue weighted by Gasteiger charge is -2.28. The van der Waals surface area contributed by atoms with E-state index in [-0.39, 0.29) is 6.10 Å². The fourth-order valence-corrected chi connectivity index (χ4v) is 1.80. The third-order valence-electron chi connectivity index (χ3n) is 2.60. The topological polar surface area (TPSA) is 51.4 Å². The number of pyridine rings is 1. The van der Waals surface area contributed by atoms with Gasteiger partial charge in [0.25, 0.3) is 0 Å². The van der Waals surface area contributed by atoms with Crippen molar-refractivity contribution in [2.75, 3.05) is 17.2 Å². The van der Waals surface area contributed by atoms with Gasteiger partial charge in [-0.15, -0.1) is 0 Å². The second-order valence-corrected chi connectivity index (χ2v) is 5.02. The van der Waals surface area contributed by atoms with Gasteiger partial charge < -0.3 is 15.4 Å². The summed E-state index contributed by atoms with van der Waals surface area (Å²) in [5, 5.41) is 0. The minimum atomic E-state index is 0.0775. The normalized spacial score (nSPS) is 11.1. The van der Waals surface area contributed by atoms with Gasteiger partial charge in [0.15, 0.2) is 0 Å². The van der Waals surface area contributed by atoms with Gasteiger partial charge in [-0.3, -0.25) is 0 Å². The SMILES string of the molecule is CCCN(c1ccc(N)c(OC(C)C)n1)C(C)C. The van der Waals surface area contributed by atoms with Crippen molar-refractivity contribution < 1.29 is 4.74 Å². The molecule has 0 bridgehead atoms. The summed E-state index contributed by atoms with van der Waals surface area (Å²) in [6.45, 7) is 11.4. The number of hydrogen-bond acceptors (Lipinski definition) is 4. The lowest BCUT2D eigenvalue weighted by molar-refractivity contribution is 0.234. The van der Waals surface area contributed by atoms with Crippen LogP contribution in [0.4, 0.5) is 11.5 Å². The molecule has 0 unspecified atom stereocenters. The van der Waals surface area contributed by atoms with Crippen LogP contribution in [-0.2, 0) is 0 Å². The zero-order valence-electron chi connectivity index (χ0n) is 12.1. The van der Waals surface area contributed by atoms with Crippen molar-refractivity contribution in [3.63, 3.8) is 0 Å². The number of nitrogen functional groups attached to an aromatic ring is 1. The van der Waals surface area contributed by atoms with Crippen LogP contribution < -0.4 is 15.4 Å². The molecule has 0 saturated heterocycles. The third-order valence-corrected chi connectivity index (χ3v) is 2.60. The summed E-state index contributed by atoms with van der Waals surface area (Å²) < 4.78 is 5.63. The lowest BCUT2D eigenvalue weighted by Crippen LogP contribution is -2.32. The number of nitrogens with zero attached hydrogens (tertiary/aromatic N) is 2. The van der Waals surface area contributed by atoms with Crippen LogP contribution in [0.15, 0.2) is 12.1 Å². The molecule has 4 nitrogen and oxygen atoms in total. The first kappa shape index (κ1) is 14.6. The Bertz CT molecular complexity index is 377. The van der Waals surface area contributed by atoms with Crippen LogP contribution >= 0.6 is 0 Å². The van der Waals surface area contributed by atoms with Gasteiger partial charge in [-0.2, -0.15) is 4.98 Å². The molecule has 4 heteroatoms. The Morgan fingerprint density at radius 3 is 2.44 bits per heavy atom. The molecule has 0 fully saturated rings. The zero-order valence-corrected chi connectivity index (χ0v) is 12.1. The van der Waals surface area contributed by atoms with Crippen molar-refractivity contribution in [3.05, 3.63) is 12.1 Å². The second-order valence-electron chi connectivity index (χ2n) is 5.02. The predicted molar refractivity (Wildman–Crippen MR) is 77.2 cm³/mol. The highest BCUT2D eigenvalue weighted by molar-refractivity contribution is 5.54. The third kappa shape index (κ3) is 3.79. The van der Waals surface area contributed by atoms with Crippen LogP contribution in [0.2, 0.25) is 0 Å². The Hall–Kier alpha value is -1.45. The van der Waals surface area contributed by atoms with Gasteiger partial charge in [0.2, 0.25) is 5.88 Å². The van der Waals surface area contributed by atoms with E-state index in [1.165, 1.54) is 0 Å². The van der Waals surface area contributed by atoms with E-state index in [4.69, 9.17) is 10.5 Å². The van der Waals surface area contributed by atoms with E-state index in [0.29, 0.717) is 17.6 Å². The van der Waals surface area contributed by atoms with Gasteiger partial charge in [0, 0.05) is 12.6 Å². The summed E-state index contributed by atoms with van der Waals surface area (Å²) in [4.78, 5) is 6.79. The van der Waals surface area contributed by atoms with Gasteiger partial charge in [-0.1, -0.05) is 6.92 Å². The average Bonchev–Trinajstić information content (AvgIpc) is 2.28. The summed E-state index contributed by atoms with van der Waals surface area (Å²) >= 11 is 0. The first-order chi connectivity index (χ1) is 8.45. The molecular formula is C14H25N3O. The molecule has 0 saturated carbocycles. The van der Waals surface area contributed by atoms with E-state index in [2.05, 4.69) is 30.7 Å². The van der Waals surface area contributed by atoms with Crippen molar-refractivity contribution >= 4 is 11.5 Å². The summed E-state index contributed by atoms with van der Waals surface area (Å²) in [5.41, 5.74) is 6.47. The number of aromatic nitrogens is 1. The Balaban J connectivity index is 3.01. The maximum atomic E-state index is 5.88. The van der Waals surface area contributed by atoms with Crippen molar-refractivity contribution in [2.24, 2.45) is 0 Å². The van der Waals surface area contributed by atoms with Crippen molar-refractivity contribution in [3.8, 4) is 5.88 Å². The first-order valence-corrected chi connectivity index (χ1v) is 6.65. The molecule has 1 aromatic rings. The van der Waals surface area contributed by atoms with E-state index in [9.17, 15) is 0 Å². The maximum Gasteiger partial charge on any atom is 0.239 e. The quantitative estimate of drug-likeness (QED) is 0.844. The molecule has 0 aliphatic heterocycles. The Morgan fingerprint density at radius 2 is 1.94 bits per heavy atom. The van der Waals surface area contributed by atoms with Gasteiger partial charge in [-0.05, 0) is 46.2 Å². The van der Waals surface area contributed by atoms with E-state index in [0.717, 1.165) is 18.8 Å². The first-order valence-electron chi connectivity index (χ1n) is 6.65. The largest absolute Gasteiger partial charge is 0.473 e. The molecule has 0 aliphatic carbocycles. The summed E-state index contributed by atoms with van der Waals surface area (Å²) in [6, 6.07) is 4.23. The number of anilines is 2. The number of rotatable bonds is 6. The number of hydrogen-bond donors (Lipinski definition) is 1. The highest BCUT2D eigenvalue weighted by Gasteiger charge is 2.14. The molecule has 1 rings (SSSR count). The van der Waals surface area contributed by atoms with E-state index >= 15 is 0 Å². The standard InChI is InChI=1S/C14H25N3O/c1-6-9-17(10(2)3)13-8-7-12(15)14(16-13)18-11(4)5/h7-8,10-11H,6,9,15H2,1-5H3. The fraction of sp³-hybridized carbons (Fsp3) is 0.643. The van der Waals surface area contributed by atoms with Crippen molar-refractivity contribution in [1.29, 1.82) is 0 Å². The van der Waals surface area contributed by atoms with E-state index < -0.39 is 0 Å². The molecule has 1 heterocycles. The molecule has 0 aliphatic rings. The molecule has 0 atom stereocenters. The smallest absolute Gasteiger partial charge is 0.239 e. The molecule has 0 aromatic carbocycles. The van der Waals surface area contributed by atoms with Crippen molar-refractivity contribution in [1.82, 2.24) is 4.98 Å². The minimum absolute atomic E-state index is 0.0775. The lowest BCUT2D eigenvalue weighted by atomic mass is 10.2. The average molecular weight is 251 g/mol. The summed E-state index contributed by atoms with van der Waals surface area (Å²) in [7, 11) is 0.